The molecule has 1 N–H and O–H groups in total. The van der Waals surface area contributed by atoms with Crippen molar-refractivity contribution in [1.82, 2.24) is 4.98 Å². The molecule has 0 aromatic carbocycles. The van der Waals surface area contributed by atoms with E-state index in [-0.39, 0.29) is 10.6 Å². The van der Waals surface area contributed by atoms with Crippen molar-refractivity contribution in [2.24, 2.45) is 0 Å². The Morgan fingerprint density at radius 3 is 2.45 bits per heavy atom. The maximum Gasteiger partial charge on any atom is 0.315 e. The zero-order chi connectivity index (χ0) is 15.1. The average Bonchev–Trinajstić information content (AvgIpc) is 2.43. The van der Waals surface area contributed by atoms with Crippen molar-refractivity contribution in [3.05, 3.63) is 25.8 Å². The molecule has 6 heteroatoms. The third kappa shape index (κ3) is 3.91. The third-order valence-electron chi connectivity index (χ3n) is 3.22. The van der Waals surface area contributed by atoms with Gasteiger partial charge in [0.2, 0.25) is 5.82 Å². The predicted octanol–water partition coefficient (Wildman–Crippen LogP) is 4.48. The largest absolute Gasteiger partial charge is 0.364 e. The van der Waals surface area contributed by atoms with Gasteiger partial charge in [0, 0.05) is 16.6 Å². The molecule has 0 radical (unpaired) electrons. The number of rotatable bonds is 8. The number of anilines is 1. The lowest BCUT2D eigenvalue weighted by atomic mass is 10.1. The second kappa shape index (κ2) is 8.19. The molecule has 0 aliphatic heterocycles. The standard InChI is InChI=1S/C14H22BrN3O2/c1-4-7-8-9-16-14-13(18(19)20)10(5-2)12(15)11(6-3)17-14/h4-9H2,1-3H3,(H,16,17). The number of nitrogens with zero attached hydrogens (tertiary/aromatic N) is 2. The molecular weight excluding hydrogens is 322 g/mol. The van der Waals surface area contributed by atoms with E-state index >= 15 is 0 Å². The molecule has 0 unspecified atom stereocenters. The highest BCUT2D eigenvalue weighted by Crippen LogP contribution is 2.35. The van der Waals surface area contributed by atoms with E-state index in [0.717, 1.165) is 48.0 Å². The zero-order valence-electron chi connectivity index (χ0n) is 12.3. The van der Waals surface area contributed by atoms with Crippen molar-refractivity contribution in [3.63, 3.8) is 0 Å². The normalized spacial score (nSPS) is 10.6. The number of hydrogen-bond acceptors (Lipinski definition) is 4. The average molecular weight is 344 g/mol. The molecule has 1 aromatic rings. The molecule has 0 aliphatic carbocycles. The smallest absolute Gasteiger partial charge is 0.315 e. The van der Waals surface area contributed by atoms with Crippen molar-refractivity contribution >= 4 is 27.4 Å². The SMILES string of the molecule is CCCCCNc1nc(CC)c(Br)c(CC)c1[N+](=O)[O-]. The number of aryl methyl sites for hydroxylation is 1. The van der Waals surface area contributed by atoms with Gasteiger partial charge in [-0.15, -0.1) is 0 Å². The first-order valence-corrected chi connectivity index (χ1v) is 7.95. The Morgan fingerprint density at radius 2 is 1.95 bits per heavy atom. The molecule has 112 valence electrons. The fourth-order valence-corrected chi connectivity index (χ4v) is 2.95. The van der Waals surface area contributed by atoms with E-state index in [1.165, 1.54) is 0 Å². The van der Waals surface area contributed by atoms with Gasteiger partial charge in [0.25, 0.3) is 0 Å². The van der Waals surface area contributed by atoms with Gasteiger partial charge >= 0.3 is 5.69 Å². The summed E-state index contributed by atoms with van der Waals surface area (Å²) >= 11 is 3.45. The number of nitro groups is 1. The van der Waals surface area contributed by atoms with Gasteiger partial charge in [0.15, 0.2) is 0 Å². The van der Waals surface area contributed by atoms with E-state index in [2.05, 4.69) is 33.2 Å². The maximum absolute atomic E-state index is 11.3. The lowest BCUT2D eigenvalue weighted by Crippen LogP contribution is -2.10. The van der Waals surface area contributed by atoms with E-state index in [4.69, 9.17) is 0 Å². The van der Waals surface area contributed by atoms with Crippen LogP contribution >= 0.6 is 15.9 Å². The van der Waals surface area contributed by atoms with Crippen LogP contribution in [-0.4, -0.2) is 16.5 Å². The van der Waals surface area contributed by atoms with E-state index in [0.29, 0.717) is 12.2 Å². The van der Waals surface area contributed by atoms with Crippen molar-refractivity contribution in [1.29, 1.82) is 0 Å². The Labute approximate surface area is 128 Å². The minimum atomic E-state index is -0.335. The summed E-state index contributed by atoms with van der Waals surface area (Å²) in [5, 5.41) is 14.5. The van der Waals surface area contributed by atoms with Crippen molar-refractivity contribution in [2.45, 2.75) is 52.9 Å². The van der Waals surface area contributed by atoms with Crippen LogP contribution in [0.25, 0.3) is 0 Å². The zero-order valence-corrected chi connectivity index (χ0v) is 13.9. The van der Waals surface area contributed by atoms with Gasteiger partial charge in [0.1, 0.15) is 0 Å². The first-order valence-electron chi connectivity index (χ1n) is 7.16. The van der Waals surface area contributed by atoms with Crippen LogP contribution in [0.15, 0.2) is 4.47 Å². The van der Waals surface area contributed by atoms with Crippen LogP contribution in [0.2, 0.25) is 0 Å². The Balaban J connectivity index is 3.15. The highest BCUT2D eigenvalue weighted by molar-refractivity contribution is 9.10. The van der Waals surface area contributed by atoms with Gasteiger partial charge in [-0.3, -0.25) is 10.1 Å². The topological polar surface area (TPSA) is 68.1 Å². The van der Waals surface area contributed by atoms with Gasteiger partial charge in [-0.05, 0) is 35.2 Å². The summed E-state index contributed by atoms with van der Waals surface area (Å²) in [5.74, 6) is 0.406. The molecule has 5 nitrogen and oxygen atoms in total. The van der Waals surface area contributed by atoms with Crippen molar-refractivity contribution in [2.75, 3.05) is 11.9 Å². The van der Waals surface area contributed by atoms with Crippen LogP contribution < -0.4 is 5.32 Å². The number of nitrogens with one attached hydrogen (secondary N) is 1. The third-order valence-corrected chi connectivity index (χ3v) is 4.16. The number of unbranched alkanes of at least 4 members (excludes halogenated alkanes) is 2. The minimum absolute atomic E-state index is 0.105. The summed E-state index contributed by atoms with van der Waals surface area (Å²) in [6.07, 6.45) is 4.58. The maximum atomic E-state index is 11.3. The van der Waals surface area contributed by atoms with Crippen LogP contribution in [0.1, 0.15) is 51.3 Å². The van der Waals surface area contributed by atoms with Gasteiger partial charge in [-0.25, -0.2) is 4.98 Å². The van der Waals surface area contributed by atoms with Gasteiger partial charge < -0.3 is 5.32 Å². The minimum Gasteiger partial charge on any atom is -0.364 e. The predicted molar refractivity (Wildman–Crippen MR) is 85.4 cm³/mol. The summed E-state index contributed by atoms with van der Waals surface area (Å²) in [4.78, 5) is 15.4. The Hall–Kier alpha value is -1.17. The molecule has 0 fully saturated rings. The summed E-state index contributed by atoms with van der Waals surface area (Å²) in [5.41, 5.74) is 1.69. The number of aromatic nitrogens is 1. The molecule has 1 aromatic heterocycles. The van der Waals surface area contributed by atoms with Crippen molar-refractivity contribution < 1.29 is 4.92 Å². The molecule has 0 atom stereocenters. The van der Waals surface area contributed by atoms with E-state index in [1.54, 1.807) is 0 Å². The molecule has 0 spiro atoms. The molecule has 0 aliphatic rings. The summed E-state index contributed by atoms with van der Waals surface area (Å²) < 4.78 is 0.772. The van der Waals surface area contributed by atoms with Crippen LogP contribution in [0.5, 0.6) is 0 Å². The second-order valence-electron chi connectivity index (χ2n) is 4.65. The molecule has 0 bridgehead atoms. The summed E-state index contributed by atoms with van der Waals surface area (Å²) in [6, 6.07) is 0. The quantitative estimate of drug-likeness (QED) is 0.429. The van der Waals surface area contributed by atoms with E-state index in [9.17, 15) is 10.1 Å². The number of halogens is 1. The fraction of sp³-hybridized carbons (Fsp3) is 0.643. The second-order valence-corrected chi connectivity index (χ2v) is 5.44. The molecule has 0 amide bonds. The monoisotopic (exact) mass is 343 g/mol. The Kier molecular flexibility index (Phi) is 6.91. The number of pyridine rings is 1. The first kappa shape index (κ1) is 16.9. The molecule has 1 rings (SSSR count). The van der Waals surface area contributed by atoms with E-state index < -0.39 is 0 Å². The fourth-order valence-electron chi connectivity index (χ4n) is 2.12. The summed E-state index contributed by atoms with van der Waals surface area (Å²) in [6.45, 7) is 6.77. The van der Waals surface area contributed by atoms with E-state index in [1.807, 2.05) is 13.8 Å². The summed E-state index contributed by atoms with van der Waals surface area (Å²) in [7, 11) is 0. The van der Waals surface area contributed by atoms with Crippen LogP contribution in [-0.2, 0) is 12.8 Å². The Morgan fingerprint density at radius 1 is 1.25 bits per heavy atom. The first-order chi connectivity index (χ1) is 9.56. The Bertz CT molecular complexity index is 478. The van der Waals surface area contributed by atoms with Crippen LogP contribution in [0, 0.1) is 10.1 Å². The number of hydrogen-bond donors (Lipinski definition) is 1. The highest BCUT2D eigenvalue weighted by Gasteiger charge is 2.25. The molecule has 0 saturated carbocycles. The molecule has 0 saturated heterocycles. The lowest BCUT2D eigenvalue weighted by Gasteiger charge is -2.13. The highest BCUT2D eigenvalue weighted by atomic mass is 79.9. The molecule has 20 heavy (non-hydrogen) atoms. The van der Waals surface area contributed by atoms with Crippen molar-refractivity contribution in [3.8, 4) is 0 Å². The van der Waals surface area contributed by atoms with Crippen LogP contribution in [0.4, 0.5) is 11.5 Å². The van der Waals surface area contributed by atoms with Gasteiger partial charge in [-0.2, -0.15) is 0 Å². The molecule has 1 heterocycles. The van der Waals surface area contributed by atoms with Gasteiger partial charge in [-0.1, -0.05) is 33.6 Å². The molecular formula is C14H22BrN3O2. The van der Waals surface area contributed by atoms with Crippen LogP contribution in [0.3, 0.4) is 0 Å². The van der Waals surface area contributed by atoms with Gasteiger partial charge in [0.05, 0.1) is 10.6 Å². The lowest BCUT2D eigenvalue weighted by molar-refractivity contribution is -0.384.